The van der Waals surface area contributed by atoms with Gasteiger partial charge in [-0.25, -0.2) is 9.59 Å². The predicted octanol–water partition coefficient (Wildman–Crippen LogP) is 0.596. The molecule has 2 saturated carbocycles. The minimum absolute atomic E-state index is 0.260. The van der Waals surface area contributed by atoms with Crippen LogP contribution < -0.4 is 10.6 Å². The molecule has 0 aromatic heterocycles. The van der Waals surface area contributed by atoms with E-state index >= 15 is 0 Å². The third kappa shape index (κ3) is 2.58. The third-order valence-corrected chi connectivity index (χ3v) is 4.02. The van der Waals surface area contributed by atoms with Crippen LogP contribution in [0.4, 0.5) is 4.79 Å². The highest BCUT2D eigenvalue weighted by molar-refractivity contribution is 5.87. The second-order valence-corrected chi connectivity index (χ2v) is 5.30. The quantitative estimate of drug-likeness (QED) is 0.594. The highest BCUT2D eigenvalue weighted by Crippen LogP contribution is 2.32. The molecule has 2 amide bonds. The summed E-state index contributed by atoms with van der Waals surface area (Å²) in [6.45, 7) is 0. The molecule has 0 saturated heterocycles. The van der Waals surface area contributed by atoms with E-state index < -0.39 is 23.6 Å². The minimum Gasteiger partial charge on any atom is -0.480 e. The van der Waals surface area contributed by atoms with Crippen LogP contribution in [0.15, 0.2) is 0 Å². The summed E-state index contributed by atoms with van der Waals surface area (Å²) in [6, 6.07) is -0.743. The van der Waals surface area contributed by atoms with E-state index in [4.69, 9.17) is 5.11 Å². The normalized spacial score (nSPS) is 30.1. The van der Waals surface area contributed by atoms with Crippen LogP contribution in [-0.2, 0) is 4.79 Å². The lowest BCUT2D eigenvalue weighted by molar-refractivity contribution is -0.148. The van der Waals surface area contributed by atoms with Crippen LogP contribution >= 0.6 is 0 Å². The van der Waals surface area contributed by atoms with Gasteiger partial charge in [-0.2, -0.15) is 0 Å². The molecule has 0 aromatic carbocycles. The van der Waals surface area contributed by atoms with Gasteiger partial charge in [0.05, 0.1) is 12.1 Å². The molecule has 0 aromatic rings. The molecule has 2 atom stereocenters. The molecule has 0 radical (unpaired) electrons. The maximum absolute atomic E-state index is 11.8. The molecule has 6 nitrogen and oxygen atoms in total. The average Bonchev–Trinajstić information content (AvgIpc) is 2.26. The zero-order chi connectivity index (χ0) is 13.2. The van der Waals surface area contributed by atoms with Crippen LogP contribution in [0.2, 0.25) is 0 Å². The standard InChI is InChI=1S/C12H20N2O4/c15-9-5-2-1-4-8(9)13-11(18)14-12(10(16)17)6-3-7-12/h8-9,15H,1-7H2,(H,16,17)(H2,13,14,18). The van der Waals surface area contributed by atoms with Crippen LogP contribution in [0.5, 0.6) is 0 Å². The number of carboxylic acid groups (broad SMARTS) is 1. The monoisotopic (exact) mass is 256 g/mol. The van der Waals surface area contributed by atoms with E-state index in [1.165, 1.54) is 0 Å². The Morgan fingerprint density at radius 1 is 1.11 bits per heavy atom. The first-order valence-corrected chi connectivity index (χ1v) is 6.54. The Balaban J connectivity index is 1.86. The zero-order valence-electron chi connectivity index (χ0n) is 10.3. The Morgan fingerprint density at radius 2 is 1.78 bits per heavy atom. The van der Waals surface area contributed by atoms with Gasteiger partial charge in [0, 0.05) is 0 Å². The molecule has 0 heterocycles. The summed E-state index contributed by atoms with van der Waals surface area (Å²) in [5.74, 6) is -0.979. The van der Waals surface area contributed by atoms with Gasteiger partial charge in [-0.1, -0.05) is 12.8 Å². The van der Waals surface area contributed by atoms with E-state index in [2.05, 4.69) is 10.6 Å². The van der Waals surface area contributed by atoms with Crippen molar-refractivity contribution in [3.8, 4) is 0 Å². The van der Waals surface area contributed by atoms with Gasteiger partial charge >= 0.3 is 12.0 Å². The first kappa shape index (κ1) is 13.1. The van der Waals surface area contributed by atoms with Crippen molar-refractivity contribution in [3.63, 3.8) is 0 Å². The van der Waals surface area contributed by atoms with Gasteiger partial charge in [0.2, 0.25) is 0 Å². The Morgan fingerprint density at radius 3 is 2.28 bits per heavy atom. The highest BCUT2D eigenvalue weighted by atomic mass is 16.4. The van der Waals surface area contributed by atoms with Crippen molar-refractivity contribution in [2.75, 3.05) is 0 Å². The molecular formula is C12H20N2O4. The number of aliphatic carboxylic acids is 1. The summed E-state index contributed by atoms with van der Waals surface area (Å²) in [6.07, 6.45) is 4.63. The summed E-state index contributed by atoms with van der Waals surface area (Å²) in [5, 5.41) is 24.1. The number of hydrogen-bond acceptors (Lipinski definition) is 3. The van der Waals surface area contributed by atoms with Gasteiger partial charge in [0.25, 0.3) is 0 Å². The Kier molecular flexibility index (Phi) is 3.75. The van der Waals surface area contributed by atoms with Crippen molar-refractivity contribution in [1.29, 1.82) is 0 Å². The van der Waals surface area contributed by atoms with E-state index in [1.54, 1.807) is 0 Å². The van der Waals surface area contributed by atoms with Gasteiger partial charge in [-0.3, -0.25) is 0 Å². The van der Waals surface area contributed by atoms with Crippen LogP contribution in [0, 0.1) is 0 Å². The van der Waals surface area contributed by atoms with Crippen LogP contribution in [0.3, 0.4) is 0 Å². The fraction of sp³-hybridized carbons (Fsp3) is 0.833. The lowest BCUT2D eigenvalue weighted by atomic mass is 9.77. The lowest BCUT2D eigenvalue weighted by Crippen LogP contribution is -2.62. The van der Waals surface area contributed by atoms with Crippen molar-refractivity contribution in [1.82, 2.24) is 10.6 Å². The lowest BCUT2D eigenvalue weighted by Gasteiger charge is -2.39. The second-order valence-electron chi connectivity index (χ2n) is 5.30. The molecule has 2 aliphatic rings. The molecule has 0 aliphatic heterocycles. The molecule has 0 spiro atoms. The number of amides is 2. The molecule has 2 aliphatic carbocycles. The number of urea groups is 1. The first-order valence-electron chi connectivity index (χ1n) is 6.54. The number of carboxylic acids is 1. The summed E-state index contributed by atoms with van der Waals surface area (Å²) >= 11 is 0. The van der Waals surface area contributed by atoms with Gasteiger partial charge in [-0.15, -0.1) is 0 Å². The first-order chi connectivity index (χ1) is 8.53. The van der Waals surface area contributed by atoms with Gasteiger partial charge in [-0.05, 0) is 32.1 Å². The van der Waals surface area contributed by atoms with Gasteiger partial charge in [0.1, 0.15) is 5.54 Å². The average molecular weight is 256 g/mol. The summed E-state index contributed by atoms with van der Waals surface area (Å²) in [4.78, 5) is 22.9. The van der Waals surface area contributed by atoms with Crippen molar-refractivity contribution in [3.05, 3.63) is 0 Å². The number of nitrogens with one attached hydrogen (secondary N) is 2. The van der Waals surface area contributed by atoms with E-state index in [-0.39, 0.29) is 6.04 Å². The van der Waals surface area contributed by atoms with E-state index in [1.807, 2.05) is 0 Å². The van der Waals surface area contributed by atoms with Gasteiger partial charge < -0.3 is 20.8 Å². The Hall–Kier alpha value is -1.30. The molecule has 2 unspecified atom stereocenters. The molecule has 0 bridgehead atoms. The summed E-state index contributed by atoms with van der Waals surface area (Å²) in [5.41, 5.74) is -1.09. The number of aliphatic hydroxyl groups is 1. The van der Waals surface area contributed by atoms with E-state index in [9.17, 15) is 14.7 Å². The number of rotatable bonds is 3. The fourth-order valence-corrected chi connectivity index (χ4v) is 2.62. The smallest absolute Gasteiger partial charge is 0.329 e. The van der Waals surface area contributed by atoms with E-state index in [0.717, 1.165) is 25.7 Å². The van der Waals surface area contributed by atoms with Gasteiger partial charge in [0.15, 0.2) is 0 Å². The molecule has 102 valence electrons. The maximum atomic E-state index is 11.8. The van der Waals surface area contributed by atoms with E-state index in [0.29, 0.717) is 19.3 Å². The topological polar surface area (TPSA) is 98.7 Å². The Bertz CT molecular complexity index is 341. The van der Waals surface area contributed by atoms with Crippen molar-refractivity contribution < 1.29 is 19.8 Å². The largest absolute Gasteiger partial charge is 0.480 e. The van der Waals surface area contributed by atoms with Crippen molar-refractivity contribution >= 4 is 12.0 Å². The third-order valence-electron chi connectivity index (χ3n) is 4.02. The van der Waals surface area contributed by atoms with Crippen molar-refractivity contribution in [2.24, 2.45) is 0 Å². The SMILES string of the molecule is O=C(NC1CCCCC1O)NC1(C(=O)O)CCC1. The molecule has 2 rings (SSSR count). The number of carbonyl (C=O) groups excluding carboxylic acids is 1. The minimum atomic E-state index is -1.09. The molecule has 6 heteroatoms. The number of carbonyl (C=O) groups is 2. The predicted molar refractivity (Wildman–Crippen MR) is 64.1 cm³/mol. The molecular weight excluding hydrogens is 236 g/mol. The zero-order valence-corrected chi connectivity index (χ0v) is 10.3. The van der Waals surface area contributed by atoms with Crippen molar-refractivity contribution in [2.45, 2.75) is 62.6 Å². The Labute approximate surface area is 106 Å². The molecule has 18 heavy (non-hydrogen) atoms. The van der Waals surface area contributed by atoms with Crippen LogP contribution in [-0.4, -0.2) is 39.9 Å². The number of hydrogen-bond donors (Lipinski definition) is 4. The van der Waals surface area contributed by atoms with Crippen LogP contribution in [0.25, 0.3) is 0 Å². The maximum Gasteiger partial charge on any atom is 0.329 e. The molecule has 4 N–H and O–H groups in total. The van der Waals surface area contributed by atoms with Crippen LogP contribution in [0.1, 0.15) is 44.9 Å². The second kappa shape index (κ2) is 5.14. The number of aliphatic hydroxyl groups excluding tert-OH is 1. The summed E-state index contributed by atoms with van der Waals surface area (Å²) in [7, 11) is 0. The summed E-state index contributed by atoms with van der Waals surface area (Å²) < 4.78 is 0. The molecule has 2 fully saturated rings. The fourth-order valence-electron chi connectivity index (χ4n) is 2.62. The highest BCUT2D eigenvalue weighted by Gasteiger charge is 2.46.